The van der Waals surface area contributed by atoms with E-state index in [4.69, 9.17) is 0 Å². The first kappa shape index (κ1) is 22.4. The quantitative estimate of drug-likeness (QED) is 0.554. The highest BCUT2D eigenvalue weighted by Gasteiger charge is 2.28. The van der Waals surface area contributed by atoms with E-state index in [9.17, 15) is 8.42 Å². The van der Waals surface area contributed by atoms with Crippen LogP contribution in [0.3, 0.4) is 0 Å². The van der Waals surface area contributed by atoms with E-state index in [1.807, 2.05) is 32.3 Å². The van der Waals surface area contributed by atoms with Crippen LogP contribution in [-0.2, 0) is 22.9 Å². The van der Waals surface area contributed by atoms with Gasteiger partial charge in [0, 0.05) is 38.6 Å². The average Bonchev–Trinajstić information content (AvgIpc) is 3.23. The number of anilines is 2. The lowest BCUT2D eigenvalue weighted by atomic mass is 10.0. The summed E-state index contributed by atoms with van der Waals surface area (Å²) in [6.45, 7) is 3.22. The van der Waals surface area contributed by atoms with Crippen LogP contribution in [0.15, 0.2) is 77.7 Å². The zero-order valence-electron chi connectivity index (χ0n) is 19.0. The fraction of sp³-hybridized carbons (Fsp3) is 0.308. The lowest BCUT2D eigenvalue weighted by Crippen LogP contribution is -2.37. The molecular formula is C26H31N3O2S. The molecule has 1 heterocycles. The number of benzene rings is 3. The Labute approximate surface area is 191 Å². The van der Waals surface area contributed by atoms with Crippen molar-refractivity contribution in [1.82, 2.24) is 4.72 Å². The normalized spacial score (nSPS) is 14.3. The van der Waals surface area contributed by atoms with E-state index < -0.39 is 10.0 Å². The van der Waals surface area contributed by atoms with Crippen molar-refractivity contribution < 1.29 is 8.42 Å². The van der Waals surface area contributed by atoms with Crippen LogP contribution < -0.4 is 14.5 Å². The van der Waals surface area contributed by atoms with E-state index in [0.717, 1.165) is 36.2 Å². The molecule has 0 fully saturated rings. The summed E-state index contributed by atoms with van der Waals surface area (Å²) in [4.78, 5) is 4.69. The monoisotopic (exact) mass is 449 g/mol. The Morgan fingerprint density at radius 1 is 0.969 bits per heavy atom. The van der Waals surface area contributed by atoms with Crippen LogP contribution in [0.5, 0.6) is 0 Å². The van der Waals surface area contributed by atoms with Crippen molar-refractivity contribution in [1.29, 1.82) is 0 Å². The lowest BCUT2D eigenvalue weighted by Gasteiger charge is -2.31. The zero-order valence-corrected chi connectivity index (χ0v) is 19.8. The molecule has 0 aliphatic carbocycles. The summed E-state index contributed by atoms with van der Waals surface area (Å²) in [7, 11) is 0.428. The maximum absolute atomic E-state index is 13.0. The zero-order chi connectivity index (χ0) is 22.7. The van der Waals surface area contributed by atoms with Crippen LogP contribution in [0.1, 0.15) is 29.7 Å². The summed E-state index contributed by atoms with van der Waals surface area (Å²) in [6, 6.07) is 23.8. The summed E-state index contributed by atoms with van der Waals surface area (Å²) in [5.74, 6) is 0. The highest BCUT2D eigenvalue weighted by molar-refractivity contribution is 7.89. The Bertz CT molecular complexity index is 1160. The lowest BCUT2D eigenvalue weighted by molar-refractivity contribution is 0.563. The summed E-state index contributed by atoms with van der Waals surface area (Å²) in [5, 5.41) is 0. The smallest absolute Gasteiger partial charge is 0.240 e. The molecule has 5 nitrogen and oxygen atoms in total. The molecule has 0 radical (unpaired) electrons. The molecule has 3 aromatic carbocycles. The highest BCUT2D eigenvalue weighted by Crippen LogP contribution is 2.35. The van der Waals surface area contributed by atoms with Crippen molar-refractivity contribution in [2.45, 2.75) is 30.7 Å². The third-order valence-corrected chi connectivity index (χ3v) is 7.64. The van der Waals surface area contributed by atoms with Gasteiger partial charge in [0.2, 0.25) is 10.0 Å². The number of hydrogen-bond donors (Lipinski definition) is 1. The Morgan fingerprint density at radius 3 is 2.31 bits per heavy atom. The van der Waals surface area contributed by atoms with Gasteiger partial charge in [-0.2, -0.15) is 0 Å². The van der Waals surface area contributed by atoms with Gasteiger partial charge in [-0.05, 0) is 59.9 Å². The topological polar surface area (TPSA) is 52.7 Å². The minimum absolute atomic E-state index is 0.0976. The molecule has 0 saturated heterocycles. The molecule has 3 aromatic rings. The molecule has 1 aliphatic heterocycles. The van der Waals surface area contributed by atoms with Gasteiger partial charge in [0.05, 0.1) is 10.9 Å². The van der Waals surface area contributed by atoms with Crippen LogP contribution in [0.4, 0.5) is 11.4 Å². The first-order valence-corrected chi connectivity index (χ1v) is 12.6. The molecule has 0 spiro atoms. The van der Waals surface area contributed by atoms with Gasteiger partial charge in [0.25, 0.3) is 0 Å². The van der Waals surface area contributed by atoms with E-state index in [0.29, 0.717) is 11.4 Å². The first-order chi connectivity index (χ1) is 15.4. The van der Waals surface area contributed by atoms with E-state index in [1.165, 1.54) is 11.3 Å². The predicted molar refractivity (Wildman–Crippen MR) is 132 cm³/mol. The SMILES string of the molecule is CCc1ccc(S(=O)(=O)NCC(c2ccc(N(C)C)cc2)N2CCc3ccccc32)cc1. The van der Waals surface area contributed by atoms with Gasteiger partial charge in [-0.3, -0.25) is 0 Å². The van der Waals surface area contributed by atoms with Crippen molar-refractivity contribution >= 4 is 21.4 Å². The Hall–Kier alpha value is -2.83. The summed E-state index contributed by atoms with van der Waals surface area (Å²) in [6.07, 6.45) is 1.85. The molecule has 0 amide bonds. The van der Waals surface area contributed by atoms with Gasteiger partial charge < -0.3 is 9.80 Å². The second-order valence-electron chi connectivity index (χ2n) is 8.42. The Morgan fingerprint density at radius 2 is 1.66 bits per heavy atom. The third-order valence-electron chi connectivity index (χ3n) is 6.20. The standard InChI is InChI=1S/C26H31N3O2S/c1-4-20-9-15-24(16-10-20)32(30,31)27-19-26(22-11-13-23(14-12-22)28(2)3)29-18-17-21-7-5-6-8-25(21)29/h5-16,26-27H,4,17-19H2,1-3H3. The minimum atomic E-state index is -3.60. The molecule has 1 N–H and O–H groups in total. The maximum atomic E-state index is 13.0. The molecule has 168 valence electrons. The molecule has 32 heavy (non-hydrogen) atoms. The predicted octanol–water partition coefficient (Wildman–Crippen LogP) is 4.40. The van der Waals surface area contributed by atoms with Gasteiger partial charge >= 0.3 is 0 Å². The molecule has 1 aliphatic rings. The molecule has 0 bridgehead atoms. The minimum Gasteiger partial charge on any atom is -0.378 e. The summed E-state index contributed by atoms with van der Waals surface area (Å²) in [5.41, 5.74) is 5.82. The highest BCUT2D eigenvalue weighted by atomic mass is 32.2. The van der Waals surface area contributed by atoms with Gasteiger partial charge in [-0.15, -0.1) is 0 Å². The molecule has 1 atom stereocenters. The van der Waals surface area contributed by atoms with Gasteiger partial charge in [-0.25, -0.2) is 13.1 Å². The third kappa shape index (κ3) is 4.66. The number of aryl methyl sites for hydroxylation is 1. The van der Waals surface area contributed by atoms with Crippen molar-refractivity contribution in [3.05, 3.63) is 89.5 Å². The largest absolute Gasteiger partial charge is 0.378 e. The average molecular weight is 450 g/mol. The summed E-state index contributed by atoms with van der Waals surface area (Å²) >= 11 is 0. The van der Waals surface area contributed by atoms with E-state index in [-0.39, 0.29) is 6.04 Å². The van der Waals surface area contributed by atoms with Gasteiger partial charge in [0.1, 0.15) is 0 Å². The van der Waals surface area contributed by atoms with Crippen LogP contribution in [0.25, 0.3) is 0 Å². The second-order valence-corrected chi connectivity index (χ2v) is 10.2. The number of nitrogens with one attached hydrogen (secondary N) is 1. The first-order valence-electron chi connectivity index (χ1n) is 11.1. The molecular weight excluding hydrogens is 418 g/mol. The molecule has 0 aromatic heterocycles. The second kappa shape index (κ2) is 9.35. The van der Waals surface area contributed by atoms with Crippen LogP contribution in [-0.4, -0.2) is 35.6 Å². The number of rotatable bonds is 8. The number of fused-ring (bicyclic) bond motifs is 1. The molecule has 1 unspecified atom stereocenters. The van der Waals surface area contributed by atoms with Crippen LogP contribution in [0.2, 0.25) is 0 Å². The van der Waals surface area contributed by atoms with E-state index >= 15 is 0 Å². The van der Waals surface area contributed by atoms with Crippen LogP contribution in [0, 0.1) is 0 Å². The number of para-hydroxylation sites is 1. The fourth-order valence-electron chi connectivity index (χ4n) is 4.27. The Balaban J connectivity index is 1.62. The van der Waals surface area contributed by atoms with Crippen molar-refractivity contribution in [3.8, 4) is 0 Å². The molecule has 4 rings (SSSR count). The summed E-state index contributed by atoms with van der Waals surface area (Å²) < 4.78 is 28.9. The van der Waals surface area contributed by atoms with Crippen molar-refractivity contribution in [2.75, 3.05) is 37.0 Å². The van der Waals surface area contributed by atoms with Gasteiger partial charge in [-0.1, -0.05) is 49.4 Å². The number of hydrogen-bond acceptors (Lipinski definition) is 4. The molecule has 6 heteroatoms. The molecule has 0 saturated carbocycles. The maximum Gasteiger partial charge on any atom is 0.240 e. The van der Waals surface area contributed by atoms with Crippen molar-refractivity contribution in [2.24, 2.45) is 0 Å². The van der Waals surface area contributed by atoms with Crippen LogP contribution >= 0.6 is 0 Å². The fourth-order valence-corrected chi connectivity index (χ4v) is 5.30. The number of nitrogens with zero attached hydrogens (tertiary/aromatic N) is 2. The number of sulfonamides is 1. The van der Waals surface area contributed by atoms with E-state index in [2.05, 4.69) is 63.9 Å². The van der Waals surface area contributed by atoms with Crippen molar-refractivity contribution in [3.63, 3.8) is 0 Å². The Kier molecular flexibility index (Phi) is 6.53. The van der Waals surface area contributed by atoms with Gasteiger partial charge in [0.15, 0.2) is 0 Å². The van der Waals surface area contributed by atoms with E-state index in [1.54, 1.807) is 12.1 Å².